The topological polar surface area (TPSA) is 41.8 Å². The Morgan fingerprint density at radius 2 is 1.95 bits per heavy atom. The fourth-order valence-electron chi connectivity index (χ4n) is 1.99. The second-order valence-corrected chi connectivity index (χ2v) is 4.44. The van der Waals surface area contributed by atoms with Crippen molar-refractivity contribution in [3.05, 3.63) is 23.3 Å². The number of ether oxygens (including phenoxy) is 1. The summed E-state index contributed by atoms with van der Waals surface area (Å²) in [5.41, 5.74) is -2.18. The third-order valence-corrected chi connectivity index (χ3v) is 3.21. The first kappa shape index (κ1) is 16.5. The van der Waals surface area contributed by atoms with Gasteiger partial charge in [-0.2, -0.15) is 13.2 Å². The Bertz CT molecular complexity index is 512. The Morgan fingerprint density at radius 1 is 1.35 bits per heavy atom. The summed E-state index contributed by atoms with van der Waals surface area (Å²) in [6.07, 6.45) is -3.74. The summed E-state index contributed by atoms with van der Waals surface area (Å²) in [6, 6.07) is 2.68. The van der Waals surface area contributed by atoms with Crippen LogP contribution in [0.5, 0.6) is 5.75 Å². The molecule has 1 unspecified atom stereocenters. The van der Waals surface area contributed by atoms with Crippen molar-refractivity contribution in [1.29, 1.82) is 0 Å². The molecule has 0 saturated carbocycles. The van der Waals surface area contributed by atoms with E-state index in [2.05, 4.69) is 4.99 Å². The second kappa shape index (κ2) is 5.83. The van der Waals surface area contributed by atoms with Gasteiger partial charge in [0.1, 0.15) is 5.75 Å². The van der Waals surface area contributed by atoms with Gasteiger partial charge in [0.25, 0.3) is 0 Å². The van der Waals surface area contributed by atoms with Crippen LogP contribution < -0.4 is 4.74 Å². The molecule has 20 heavy (non-hydrogen) atoms. The minimum atomic E-state index is -4.78. The molecule has 0 aliphatic heterocycles. The first-order valence-corrected chi connectivity index (χ1v) is 6.18. The predicted octanol–water partition coefficient (Wildman–Crippen LogP) is 3.89. The van der Waals surface area contributed by atoms with Crippen LogP contribution in [0.2, 0.25) is 0 Å². The van der Waals surface area contributed by atoms with Crippen molar-refractivity contribution in [2.75, 3.05) is 7.11 Å². The van der Waals surface area contributed by atoms with E-state index in [9.17, 15) is 18.3 Å². The maximum absolute atomic E-state index is 13.2. The van der Waals surface area contributed by atoms with E-state index in [1.54, 1.807) is 13.8 Å². The Morgan fingerprint density at radius 3 is 2.35 bits per heavy atom. The molecule has 0 aromatic heterocycles. The zero-order valence-corrected chi connectivity index (χ0v) is 11.9. The third kappa shape index (κ3) is 2.80. The average Bonchev–Trinajstić information content (AvgIpc) is 2.38. The van der Waals surface area contributed by atoms with Crippen LogP contribution in [0.3, 0.4) is 0 Å². The van der Waals surface area contributed by atoms with E-state index >= 15 is 0 Å². The number of nitrogens with zero attached hydrogens (tertiary/aromatic N) is 1. The average molecular weight is 289 g/mol. The molecule has 1 aromatic rings. The summed E-state index contributed by atoms with van der Waals surface area (Å²) in [7, 11) is 1.26. The van der Waals surface area contributed by atoms with E-state index < -0.39 is 18.2 Å². The first-order valence-electron chi connectivity index (χ1n) is 6.18. The SMILES string of the molecule is C/C=N/c1cc(OC)c(C(O)(CC)C(F)(F)F)cc1C. The second-order valence-electron chi connectivity index (χ2n) is 4.44. The minimum absolute atomic E-state index is 0.0297. The monoisotopic (exact) mass is 289 g/mol. The van der Waals surface area contributed by atoms with Gasteiger partial charge in [0.05, 0.1) is 12.8 Å². The van der Waals surface area contributed by atoms with Crippen LogP contribution in [-0.2, 0) is 5.60 Å². The van der Waals surface area contributed by atoms with Crippen molar-refractivity contribution < 1.29 is 23.0 Å². The molecule has 0 aliphatic rings. The Labute approximate surface area is 116 Å². The van der Waals surface area contributed by atoms with Gasteiger partial charge in [-0.3, -0.25) is 4.99 Å². The predicted molar refractivity (Wildman–Crippen MR) is 71.8 cm³/mol. The quantitative estimate of drug-likeness (QED) is 0.854. The van der Waals surface area contributed by atoms with E-state index in [1.165, 1.54) is 32.4 Å². The van der Waals surface area contributed by atoms with Gasteiger partial charge in [-0.25, -0.2) is 0 Å². The lowest BCUT2D eigenvalue weighted by Crippen LogP contribution is -2.42. The molecule has 1 N–H and O–H groups in total. The van der Waals surface area contributed by atoms with Crippen molar-refractivity contribution >= 4 is 11.9 Å². The van der Waals surface area contributed by atoms with E-state index in [0.717, 1.165) is 0 Å². The van der Waals surface area contributed by atoms with Gasteiger partial charge in [0, 0.05) is 17.8 Å². The standard InChI is InChI=1S/C14H18F3NO2/c1-5-13(19,14(15,16)17)10-7-9(3)11(18-6-2)8-12(10)20-4/h6-8,19H,5H2,1-4H3/b18-6+. The summed E-state index contributed by atoms with van der Waals surface area (Å²) in [6.45, 7) is 4.62. The lowest BCUT2D eigenvalue weighted by molar-refractivity contribution is -0.268. The Hall–Kier alpha value is -1.56. The molecule has 0 fully saturated rings. The normalized spacial score (nSPS) is 15.4. The van der Waals surface area contributed by atoms with Gasteiger partial charge >= 0.3 is 6.18 Å². The number of aryl methyl sites for hydroxylation is 1. The molecule has 1 rings (SSSR count). The third-order valence-electron chi connectivity index (χ3n) is 3.21. The molecule has 0 bridgehead atoms. The number of rotatable bonds is 4. The molecule has 0 spiro atoms. The summed E-state index contributed by atoms with van der Waals surface area (Å²) < 4.78 is 44.5. The van der Waals surface area contributed by atoms with Gasteiger partial charge in [-0.05, 0) is 31.9 Å². The van der Waals surface area contributed by atoms with Crippen LogP contribution in [0.25, 0.3) is 0 Å². The van der Waals surface area contributed by atoms with Crippen molar-refractivity contribution in [1.82, 2.24) is 0 Å². The van der Waals surface area contributed by atoms with E-state index in [1.807, 2.05) is 0 Å². The van der Waals surface area contributed by atoms with E-state index in [0.29, 0.717) is 11.3 Å². The lowest BCUT2D eigenvalue weighted by atomic mass is 9.88. The van der Waals surface area contributed by atoms with Crippen molar-refractivity contribution in [2.24, 2.45) is 4.99 Å². The minimum Gasteiger partial charge on any atom is -0.496 e. The number of aliphatic hydroxyl groups is 1. The highest BCUT2D eigenvalue weighted by Crippen LogP contribution is 2.46. The van der Waals surface area contributed by atoms with Gasteiger partial charge in [0.15, 0.2) is 5.60 Å². The number of halogens is 3. The van der Waals surface area contributed by atoms with Crippen LogP contribution in [0.1, 0.15) is 31.4 Å². The number of benzene rings is 1. The molecule has 112 valence electrons. The molecular formula is C14H18F3NO2. The number of alkyl halides is 3. The van der Waals surface area contributed by atoms with Crippen LogP contribution >= 0.6 is 0 Å². The molecular weight excluding hydrogens is 271 g/mol. The summed E-state index contributed by atoms with van der Waals surface area (Å²) in [5.74, 6) is -0.0297. The zero-order valence-electron chi connectivity index (χ0n) is 11.9. The Kier molecular flexibility index (Phi) is 4.81. The molecule has 0 aliphatic carbocycles. The maximum Gasteiger partial charge on any atom is 0.421 e. The van der Waals surface area contributed by atoms with Crippen molar-refractivity contribution in [2.45, 2.75) is 39.0 Å². The van der Waals surface area contributed by atoms with Crippen LogP contribution in [0, 0.1) is 6.92 Å². The molecule has 0 amide bonds. The number of methoxy groups -OCH3 is 1. The highest BCUT2D eigenvalue weighted by atomic mass is 19.4. The first-order chi connectivity index (χ1) is 9.21. The number of aliphatic imine (C=N–C) groups is 1. The molecule has 3 nitrogen and oxygen atoms in total. The molecule has 0 heterocycles. The summed E-state index contributed by atoms with van der Waals surface area (Å²) in [5, 5.41) is 10.0. The highest BCUT2D eigenvalue weighted by Gasteiger charge is 2.55. The highest BCUT2D eigenvalue weighted by molar-refractivity contribution is 5.65. The van der Waals surface area contributed by atoms with Gasteiger partial charge in [-0.1, -0.05) is 6.92 Å². The van der Waals surface area contributed by atoms with Gasteiger partial charge in [0.2, 0.25) is 0 Å². The zero-order chi connectivity index (χ0) is 15.6. The van der Waals surface area contributed by atoms with Crippen LogP contribution in [-0.4, -0.2) is 24.6 Å². The lowest BCUT2D eigenvalue weighted by Gasteiger charge is -2.31. The van der Waals surface area contributed by atoms with Crippen LogP contribution in [0.15, 0.2) is 17.1 Å². The number of hydrogen-bond acceptors (Lipinski definition) is 3. The Balaban J connectivity index is 3.56. The maximum atomic E-state index is 13.2. The van der Waals surface area contributed by atoms with Gasteiger partial charge in [-0.15, -0.1) is 0 Å². The van der Waals surface area contributed by atoms with Gasteiger partial charge < -0.3 is 9.84 Å². The number of hydrogen-bond donors (Lipinski definition) is 1. The van der Waals surface area contributed by atoms with E-state index in [4.69, 9.17) is 4.74 Å². The smallest absolute Gasteiger partial charge is 0.421 e. The molecule has 0 saturated heterocycles. The molecule has 1 atom stereocenters. The van der Waals surface area contributed by atoms with Crippen LogP contribution in [0.4, 0.5) is 18.9 Å². The fraction of sp³-hybridized carbons (Fsp3) is 0.500. The van der Waals surface area contributed by atoms with Crippen molar-refractivity contribution in [3.8, 4) is 5.75 Å². The largest absolute Gasteiger partial charge is 0.496 e. The van der Waals surface area contributed by atoms with Crippen molar-refractivity contribution in [3.63, 3.8) is 0 Å². The summed E-state index contributed by atoms with van der Waals surface area (Å²) in [4.78, 5) is 4.06. The molecule has 6 heteroatoms. The molecule has 0 radical (unpaired) electrons. The summed E-state index contributed by atoms with van der Waals surface area (Å²) >= 11 is 0. The molecule has 1 aromatic carbocycles. The van der Waals surface area contributed by atoms with E-state index in [-0.39, 0.29) is 11.3 Å². The fourth-order valence-corrected chi connectivity index (χ4v) is 1.99.